The predicted octanol–water partition coefficient (Wildman–Crippen LogP) is 2.41. The van der Waals surface area contributed by atoms with Crippen molar-refractivity contribution in [2.45, 2.75) is 13.0 Å². The van der Waals surface area contributed by atoms with E-state index in [1.54, 1.807) is 21.9 Å². The first-order valence-corrected chi connectivity index (χ1v) is 10.8. The molecule has 6 nitrogen and oxygen atoms in total. The van der Waals surface area contributed by atoms with Crippen LogP contribution < -0.4 is 5.32 Å². The Morgan fingerprint density at radius 3 is 2.59 bits per heavy atom. The molecule has 4 rings (SSSR count). The third kappa shape index (κ3) is 4.59. The minimum absolute atomic E-state index is 0.0840. The zero-order chi connectivity index (χ0) is 20.2. The Morgan fingerprint density at radius 1 is 1.03 bits per heavy atom. The minimum Gasteiger partial charge on any atom is -0.337 e. The van der Waals surface area contributed by atoms with Crippen molar-refractivity contribution in [3.05, 3.63) is 57.5 Å². The van der Waals surface area contributed by atoms with Crippen LogP contribution in [0.5, 0.6) is 0 Å². The molecule has 2 aliphatic rings. The molecule has 1 aromatic carbocycles. The van der Waals surface area contributed by atoms with Crippen molar-refractivity contribution in [1.29, 1.82) is 0 Å². The van der Waals surface area contributed by atoms with E-state index >= 15 is 0 Å². The number of amides is 3. The molecule has 0 atom stereocenters. The SMILES string of the molecule is O=C(NCCN1CCc2sccc2C1)N1CCN(C(=O)c2ccccc2F)CC1. The molecule has 2 aliphatic heterocycles. The molecule has 0 aliphatic carbocycles. The van der Waals surface area contributed by atoms with Gasteiger partial charge < -0.3 is 15.1 Å². The Labute approximate surface area is 173 Å². The lowest BCUT2D eigenvalue weighted by atomic mass is 10.1. The number of halogens is 1. The number of hydrogen-bond acceptors (Lipinski definition) is 4. The molecular weight excluding hydrogens is 391 g/mol. The van der Waals surface area contributed by atoms with Gasteiger partial charge >= 0.3 is 6.03 Å². The van der Waals surface area contributed by atoms with Crippen LogP contribution in [0.15, 0.2) is 35.7 Å². The lowest BCUT2D eigenvalue weighted by Crippen LogP contribution is -2.53. The van der Waals surface area contributed by atoms with Gasteiger partial charge in [-0.05, 0) is 35.6 Å². The van der Waals surface area contributed by atoms with Crippen LogP contribution in [0.4, 0.5) is 9.18 Å². The number of nitrogens with zero attached hydrogens (tertiary/aromatic N) is 3. The van der Waals surface area contributed by atoms with E-state index in [1.165, 1.54) is 22.6 Å². The number of nitrogens with one attached hydrogen (secondary N) is 1. The molecule has 0 bridgehead atoms. The fourth-order valence-electron chi connectivity index (χ4n) is 3.85. The largest absolute Gasteiger partial charge is 0.337 e. The van der Waals surface area contributed by atoms with Crippen molar-refractivity contribution in [2.24, 2.45) is 0 Å². The second kappa shape index (κ2) is 8.92. The van der Waals surface area contributed by atoms with E-state index in [9.17, 15) is 14.0 Å². The summed E-state index contributed by atoms with van der Waals surface area (Å²) in [6.07, 6.45) is 1.08. The monoisotopic (exact) mass is 416 g/mol. The van der Waals surface area contributed by atoms with Gasteiger partial charge in [-0.15, -0.1) is 11.3 Å². The lowest BCUT2D eigenvalue weighted by Gasteiger charge is -2.35. The van der Waals surface area contributed by atoms with Crippen LogP contribution in [0.3, 0.4) is 0 Å². The summed E-state index contributed by atoms with van der Waals surface area (Å²) < 4.78 is 13.8. The summed E-state index contributed by atoms with van der Waals surface area (Å²) in [6, 6.07) is 8.09. The van der Waals surface area contributed by atoms with Crippen molar-refractivity contribution in [3.63, 3.8) is 0 Å². The summed E-state index contributed by atoms with van der Waals surface area (Å²) in [6.45, 7) is 5.13. The Balaban J connectivity index is 1.19. The van der Waals surface area contributed by atoms with Gasteiger partial charge in [0.1, 0.15) is 5.82 Å². The second-order valence-corrected chi connectivity index (χ2v) is 8.39. The zero-order valence-electron chi connectivity index (χ0n) is 16.3. The van der Waals surface area contributed by atoms with Crippen molar-refractivity contribution in [2.75, 3.05) is 45.8 Å². The van der Waals surface area contributed by atoms with Crippen LogP contribution >= 0.6 is 11.3 Å². The first kappa shape index (κ1) is 19.8. The Bertz CT molecular complexity index is 879. The molecule has 1 saturated heterocycles. The Kier molecular flexibility index (Phi) is 6.10. The molecular formula is C21H25FN4O2S. The Morgan fingerprint density at radius 2 is 1.79 bits per heavy atom. The maximum Gasteiger partial charge on any atom is 0.317 e. The zero-order valence-corrected chi connectivity index (χ0v) is 17.1. The van der Waals surface area contributed by atoms with Gasteiger partial charge in [0.25, 0.3) is 5.91 Å². The number of piperazine rings is 1. The van der Waals surface area contributed by atoms with Gasteiger partial charge in [0.2, 0.25) is 0 Å². The second-order valence-electron chi connectivity index (χ2n) is 7.39. The van der Waals surface area contributed by atoms with Crippen molar-refractivity contribution in [1.82, 2.24) is 20.0 Å². The average molecular weight is 417 g/mol. The number of urea groups is 1. The molecule has 0 unspecified atom stereocenters. The van der Waals surface area contributed by atoms with E-state index in [4.69, 9.17) is 0 Å². The fourth-order valence-corrected chi connectivity index (χ4v) is 4.74. The summed E-state index contributed by atoms with van der Waals surface area (Å²) in [5.41, 5.74) is 1.49. The quantitative estimate of drug-likeness (QED) is 0.833. The molecule has 154 valence electrons. The van der Waals surface area contributed by atoms with E-state index in [2.05, 4.69) is 21.7 Å². The van der Waals surface area contributed by atoms with Gasteiger partial charge in [-0.25, -0.2) is 9.18 Å². The molecule has 3 amide bonds. The van der Waals surface area contributed by atoms with Gasteiger partial charge in [-0.3, -0.25) is 9.69 Å². The van der Waals surface area contributed by atoms with E-state index < -0.39 is 5.82 Å². The van der Waals surface area contributed by atoms with Crippen LogP contribution in [0.1, 0.15) is 20.8 Å². The summed E-state index contributed by atoms with van der Waals surface area (Å²) >= 11 is 1.82. The third-order valence-electron chi connectivity index (χ3n) is 5.55. The van der Waals surface area contributed by atoms with E-state index in [0.717, 1.165) is 26.1 Å². The maximum atomic E-state index is 13.8. The van der Waals surface area contributed by atoms with Crippen LogP contribution in [0, 0.1) is 5.82 Å². The van der Waals surface area contributed by atoms with Gasteiger partial charge in [0.05, 0.1) is 5.56 Å². The highest BCUT2D eigenvalue weighted by Crippen LogP contribution is 2.23. The maximum absolute atomic E-state index is 13.8. The summed E-state index contributed by atoms with van der Waals surface area (Å²) in [4.78, 5) is 32.1. The van der Waals surface area contributed by atoms with E-state index in [-0.39, 0.29) is 17.5 Å². The van der Waals surface area contributed by atoms with Crippen LogP contribution in [0.2, 0.25) is 0 Å². The number of carbonyl (C=O) groups excluding carboxylic acids is 2. The molecule has 0 saturated carbocycles. The molecule has 2 aromatic rings. The molecule has 8 heteroatoms. The predicted molar refractivity (Wildman–Crippen MR) is 111 cm³/mol. The van der Waals surface area contributed by atoms with Crippen LogP contribution in [-0.4, -0.2) is 72.5 Å². The van der Waals surface area contributed by atoms with Crippen LogP contribution in [0.25, 0.3) is 0 Å². The fraction of sp³-hybridized carbons (Fsp3) is 0.429. The lowest BCUT2D eigenvalue weighted by molar-refractivity contribution is 0.0660. The third-order valence-corrected chi connectivity index (χ3v) is 6.57. The summed E-state index contributed by atoms with van der Waals surface area (Å²) in [5, 5.41) is 5.13. The highest BCUT2D eigenvalue weighted by molar-refractivity contribution is 7.10. The van der Waals surface area contributed by atoms with Gasteiger partial charge in [0, 0.05) is 57.2 Å². The van der Waals surface area contributed by atoms with E-state index in [0.29, 0.717) is 32.7 Å². The minimum atomic E-state index is -0.509. The smallest absolute Gasteiger partial charge is 0.317 e. The number of thiophene rings is 1. The highest BCUT2D eigenvalue weighted by atomic mass is 32.1. The van der Waals surface area contributed by atoms with Crippen molar-refractivity contribution in [3.8, 4) is 0 Å². The first-order chi connectivity index (χ1) is 14.1. The normalized spacial score (nSPS) is 17.1. The topological polar surface area (TPSA) is 55.9 Å². The number of carbonyl (C=O) groups is 2. The highest BCUT2D eigenvalue weighted by Gasteiger charge is 2.26. The van der Waals surface area contributed by atoms with Crippen molar-refractivity contribution >= 4 is 23.3 Å². The standard InChI is InChI=1S/C21H25FN4O2S/c22-18-4-2-1-3-17(18)20(27)25-10-12-26(13-11-25)21(28)23-7-9-24-8-5-19-16(15-24)6-14-29-19/h1-4,6,14H,5,7-13,15H2,(H,23,28). The number of benzene rings is 1. The van der Waals surface area contributed by atoms with Crippen LogP contribution in [-0.2, 0) is 13.0 Å². The molecule has 3 heterocycles. The molecule has 0 spiro atoms. The number of fused-ring (bicyclic) bond motifs is 1. The Hall–Kier alpha value is -2.45. The van der Waals surface area contributed by atoms with E-state index in [1.807, 2.05) is 11.3 Å². The molecule has 29 heavy (non-hydrogen) atoms. The molecule has 1 aromatic heterocycles. The van der Waals surface area contributed by atoms with Gasteiger partial charge in [-0.2, -0.15) is 0 Å². The molecule has 0 radical (unpaired) electrons. The number of rotatable bonds is 4. The van der Waals surface area contributed by atoms with Gasteiger partial charge in [-0.1, -0.05) is 12.1 Å². The first-order valence-electron chi connectivity index (χ1n) is 9.96. The number of hydrogen-bond donors (Lipinski definition) is 1. The molecule has 1 fully saturated rings. The van der Waals surface area contributed by atoms with Crippen molar-refractivity contribution < 1.29 is 14.0 Å². The summed E-state index contributed by atoms with van der Waals surface area (Å²) in [5.74, 6) is -0.828. The summed E-state index contributed by atoms with van der Waals surface area (Å²) in [7, 11) is 0. The average Bonchev–Trinajstić information content (AvgIpc) is 3.21. The van der Waals surface area contributed by atoms with Gasteiger partial charge in [0.15, 0.2) is 0 Å². The molecule has 1 N–H and O–H groups in total.